The highest BCUT2D eigenvalue weighted by molar-refractivity contribution is 6.01. The normalized spacial score (nSPS) is 16.0. The van der Waals surface area contributed by atoms with E-state index in [1.807, 2.05) is 6.08 Å². The molecule has 1 saturated heterocycles. The Labute approximate surface area is 217 Å². The van der Waals surface area contributed by atoms with Gasteiger partial charge in [-0.3, -0.25) is 19.2 Å². The largest absolute Gasteiger partial charge is 0.469 e. The molecule has 0 unspecified atom stereocenters. The Kier molecular flexibility index (Phi) is 12.6. The van der Waals surface area contributed by atoms with Gasteiger partial charge in [-0.15, -0.1) is 0 Å². The van der Waals surface area contributed by atoms with Crippen molar-refractivity contribution < 1.29 is 33.4 Å². The van der Waals surface area contributed by atoms with Crippen LogP contribution >= 0.6 is 0 Å². The van der Waals surface area contributed by atoms with Crippen LogP contribution in [0.3, 0.4) is 0 Å². The third-order valence-corrected chi connectivity index (χ3v) is 6.00. The molecular weight excluding hydrogens is 462 g/mol. The zero-order chi connectivity index (χ0) is 27.4. The molecule has 206 valence electrons. The van der Waals surface area contributed by atoms with Crippen molar-refractivity contribution in [2.75, 3.05) is 20.2 Å². The molecule has 1 rings (SSSR count). The number of allylic oxidation sites excluding steroid dienone is 1. The maximum Gasteiger partial charge on any atom is 0.324 e. The molecule has 0 radical (unpaired) electrons. The Balaban J connectivity index is 2.51. The highest BCUT2D eigenvalue weighted by Gasteiger charge is 2.53. The number of methoxy groups -OCH3 is 1. The second-order valence-corrected chi connectivity index (χ2v) is 11.5. The van der Waals surface area contributed by atoms with Gasteiger partial charge in [0.2, 0.25) is 5.91 Å². The molecule has 0 aliphatic carbocycles. The van der Waals surface area contributed by atoms with Crippen molar-refractivity contribution in [2.45, 2.75) is 117 Å². The van der Waals surface area contributed by atoms with Crippen LogP contribution in [0.15, 0.2) is 12.2 Å². The van der Waals surface area contributed by atoms with Gasteiger partial charge in [-0.25, -0.2) is 0 Å². The molecule has 0 N–H and O–H groups in total. The number of hydrogen-bond donors (Lipinski definition) is 0. The van der Waals surface area contributed by atoms with Gasteiger partial charge in [0.25, 0.3) is 0 Å². The van der Waals surface area contributed by atoms with E-state index in [4.69, 9.17) is 9.47 Å². The summed E-state index contributed by atoms with van der Waals surface area (Å²) < 4.78 is 15.8. The van der Waals surface area contributed by atoms with Gasteiger partial charge in [0.1, 0.15) is 11.2 Å². The van der Waals surface area contributed by atoms with Gasteiger partial charge in [-0.05, 0) is 79.7 Å². The Morgan fingerprint density at radius 3 is 1.72 bits per heavy atom. The van der Waals surface area contributed by atoms with Gasteiger partial charge < -0.3 is 19.1 Å². The number of hydrogen-bond acceptors (Lipinski definition) is 7. The van der Waals surface area contributed by atoms with Crippen LogP contribution in [0.4, 0.5) is 0 Å². The molecule has 1 fully saturated rings. The topological polar surface area (TPSA) is 99.2 Å². The molecule has 8 heteroatoms. The van der Waals surface area contributed by atoms with E-state index < -0.39 is 28.6 Å². The summed E-state index contributed by atoms with van der Waals surface area (Å²) in [6.07, 6.45) is 11.3. The van der Waals surface area contributed by atoms with E-state index in [9.17, 15) is 19.2 Å². The molecular formula is C28H47NO7. The zero-order valence-corrected chi connectivity index (χ0v) is 23.4. The number of rotatable bonds is 12. The van der Waals surface area contributed by atoms with Crippen LogP contribution in [0.25, 0.3) is 0 Å². The van der Waals surface area contributed by atoms with Crippen molar-refractivity contribution in [3.8, 4) is 0 Å². The minimum Gasteiger partial charge on any atom is -0.469 e. The van der Waals surface area contributed by atoms with Crippen molar-refractivity contribution in [2.24, 2.45) is 5.41 Å². The molecule has 0 atom stereocenters. The molecule has 0 saturated carbocycles. The number of likely N-dealkylation sites (tertiary alicyclic amines) is 1. The SMILES string of the molecule is COC(=O)CCCCCCCC/C=C/C(=O)N1CCC(C(=O)OC(C)(C)C)(C(=O)OC(C)(C)C)CC1. The maximum absolute atomic E-state index is 13.1. The molecule has 1 heterocycles. The minimum atomic E-state index is -1.40. The molecule has 0 aromatic carbocycles. The first kappa shape index (κ1) is 31.6. The number of unbranched alkanes of at least 4 members (excludes halogenated alkanes) is 6. The lowest BCUT2D eigenvalue weighted by molar-refractivity contribution is -0.189. The van der Waals surface area contributed by atoms with E-state index in [2.05, 4.69) is 4.74 Å². The fourth-order valence-electron chi connectivity index (χ4n) is 3.98. The highest BCUT2D eigenvalue weighted by Crippen LogP contribution is 2.37. The molecule has 8 nitrogen and oxygen atoms in total. The summed E-state index contributed by atoms with van der Waals surface area (Å²) in [4.78, 5) is 51.6. The third-order valence-electron chi connectivity index (χ3n) is 6.00. The summed E-state index contributed by atoms with van der Waals surface area (Å²) in [6.45, 7) is 11.2. The summed E-state index contributed by atoms with van der Waals surface area (Å²) in [5, 5.41) is 0. The number of carbonyl (C=O) groups is 4. The molecule has 36 heavy (non-hydrogen) atoms. The van der Waals surface area contributed by atoms with E-state index in [1.54, 1.807) is 52.5 Å². The zero-order valence-electron chi connectivity index (χ0n) is 23.4. The fraction of sp³-hybridized carbons (Fsp3) is 0.786. The summed E-state index contributed by atoms with van der Waals surface area (Å²) in [7, 11) is 1.41. The number of carbonyl (C=O) groups excluding carboxylic acids is 4. The Morgan fingerprint density at radius 2 is 1.25 bits per heavy atom. The Morgan fingerprint density at radius 1 is 0.778 bits per heavy atom. The van der Waals surface area contributed by atoms with Gasteiger partial charge in [0, 0.05) is 19.5 Å². The molecule has 1 aliphatic rings. The first-order chi connectivity index (χ1) is 16.7. The van der Waals surface area contributed by atoms with Crippen LogP contribution in [-0.4, -0.2) is 60.1 Å². The average Bonchev–Trinajstić information content (AvgIpc) is 2.77. The van der Waals surface area contributed by atoms with Gasteiger partial charge in [0.15, 0.2) is 5.41 Å². The van der Waals surface area contributed by atoms with Crippen molar-refractivity contribution >= 4 is 23.8 Å². The van der Waals surface area contributed by atoms with Crippen LogP contribution in [0.1, 0.15) is 106 Å². The van der Waals surface area contributed by atoms with Gasteiger partial charge >= 0.3 is 17.9 Å². The van der Waals surface area contributed by atoms with Gasteiger partial charge in [-0.1, -0.05) is 31.8 Å². The van der Waals surface area contributed by atoms with E-state index in [0.717, 1.165) is 44.9 Å². The second-order valence-electron chi connectivity index (χ2n) is 11.5. The Bertz CT molecular complexity index is 736. The molecule has 0 bridgehead atoms. The smallest absolute Gasteiger partial charge is 0.324 e. The monoisotopic (exact) mass is 509 g/mol. The number of amides is 1. The van der Waals surface area contributed by atoms with Crippen LogP contribution in [0, 0.1) is 5.41 Å². The van der Waals surface area contributed by atoms with E-state index in [-0.39, 0.29) is 37.8 Å². The number of nitrogens with zero attached hydrogens (tertiary/aromatic N) is 1. The molecule has 1 aliphatic heterocycles. The number of esters is 3. The van der Waals surface area contributed by atoms with Gasteiger partial charge in [-0.2, -0.15) is 0 Å². The second kappa shape index (κ2) is 14.4. The van der Waals surface area contributed by atoms with Crippen molar-refractivity contribution in [3.63, 3.8) is 0 Å². The molecule has 0 aromatic rings. The predicted molar refractivity (Wildman–Crippen MR) is 138 cm³/mol. The first-order valence-electron chi connectivity index (χ1n) is 13.2. The van der Waals surface area contributed by atoms with Crippen LogP contribution in [0.2, 0.25) is 0 Å². The standard InChI is InChI=1S/C28H47NO7/c1-26(2,3)35-24(32)28(25(33)36-27(4,5)6)18-20-29(21-19-28)22(30)16-14-12-10-8-9-11-13-15-17-23(31)34-7/h14,16H,8-13,15,17-21H2,1-7H3/b16-14+. The summed E-state index contributed by atoms with van der Waals surface area (Å²) in [5.41, 5.74) is -2.87. The summed E-state index contributed by atoms with van der Waals surface area (Å²) in [6, 6.07) is 0. The van der Waals surface area contributed by atoms with Gasteiger partial charge in [0.05, 0.1) is 7.11 Å². The predicted octanol–water partition coefficient (Wildman–Crippen LogP) is 5.13. The number of ether oxygens (including phenoxy) is 3. The highest BCUT2D eigenvalue weighted by atomic mass is 16.6. The van der Waals surface area contributed by atoms with E-state index in [1.165, 1.54) is 7.11 Å². The van der Waals surface area contributed by atoms with E-state index >= 15 is 0 Å². The molecule has 0 aromatic heterocycles. The quantitative estimate of drug-likeness (QED) is 0.118. The maximum atomic E-state index is 13.1. The first-order valence-corrected chi connectivity index (χ1v) is 13.2. The lowest BCUT2D eigenvalue weighted by atomic mass is 9.78. The van der Waals surface area contributed by atoms with Crippen molar-refractivity contribution in [1.29, 1.82) is 0 Å². The van der Waals surface area contributed by atoms with Crippen molar-refractivity contribution in [3.05, 3.63) is 12.2 Å². The van der Waals surface area contributed by atoms with Crippen molar-refractivity contribution in [1.82, 2.24) is 4.90 Å². The van der Waals surface area contributed by atoms with Crippen LogP contribution in [0.5, 0.6) is 0 Å². The third kappa shape index (κ3) is 11.6. The number of piperidine rings is 1. The van der Waals surface area contributed by atoms with E-state index in [0.29, 0.717) is 6.42 Å². The fourth-order valence-corrected chi connectivity index (χ4v) is 3.98. The Hall–Kier alpha value is -2.38. The average molecular weight is 510 g/mol. The molecule has 0 spiro atoms. The van der Waals surface area contributed by atoms with Crippen LogP contribution in [-0.2, 0) is 33.4 Å². The lowest BCUT2D eigenvalue weighted by Gasteiger charge is -2.40. The summed E-state index contributed by atoms with van der Waals surface area (Å²) in [5.74, 6) is -1.44. The molecule has 1 amide bonds. The lowest BCUT2D eigenvalue weighted by Crippen LogP contribution is -2.53. The van der Waals surface area contributed by atoms with Crippen LogP contribution < -0.4 is 0 Å². The minimum absolute atomic E-state index is 0.111. The summed E-state index contributed by atoms with van der Waals surface area (Å²) >= 11 is 0.